The second kappa shape index (κ2) is 5.22. The first-order valence-electron chi connectivity index (χ1n) is 5.03. The van der Waals surface area contributed by atoms with E-state index in [0.717, 1.165) is 6.07 Å². The number of aromatic nitrogens is 1. The Morgan fingerprint density at radius 2 is 2.11 bits per heavy atom. The summed E-state index contributed by atoms with van der Waals surface area (Å²) in [4.78, 5) is 14.1. The fourth-order valence-corrected chi connectivity index (χ4v) is 1.30. The zero-order chi connectivity index (χ0) is 13.0. The molecule has 0 unspecified atom stereocenters. The zero-order valence-electron chi connectivity index (χ0n) is 9.46. The van der Waals surface area contributed by atoms with Gasteiger partial charge in [0.15, 0.2) is 11.6 Å². The Labute approximate surface area is 102 Å². The third-order valence-corrected chi connectivity index (χ3v) is 2.17. The van der Waals surface area contributed by atoms with Gasteiger partial charge in [-0.05, 0) is 23.4 Å². The van der Waals surface area contributed by atoms with Crippen molar-refractivity contribution < 1.29 is 13.9 Å². The van der Waals surface area contributed by atoms with Crippen molar-refractivity contribution in [2.24, 2.45) is 5.18 Å². The SMILES string of the molecule is COc1ccc(Oc2ccc(N=O)cc2F)cn1. The van der Waals surface area contributed by atoms with E-state index in [0.29, 0.717) is 11.6 Å². The second-order valence-electron chi connectivity index (χ2n) is 3.34. The van der Waals surface area contributed by atoms with Crippen molar-refractivity contribution in [3.63, 3.8) is 0 Å². The second-order valence-corrected chi connectivity index (χ2v) is 3.34. The van der Waals surface area contributed by atoms with Crippen molar-refractivity contribution in [2.45, 2.75) is 0 Å². The van der Waals surface area contributed by atoms with Crippen LogP contribution in [0.3, 0.4) is 0 Å². The lowest BCUT2D eigenvalue weighted by molar-refractivity contribution is 0.393. The molecular formula is C12H9FN2O3. The van der Waals surface area contributed by atoms with Gasteiger partial charge in [-0.25, -0.2) is 9.37 Å². The number of benzene rings is 1. The number of hydrogen-bond donors (Lipinski definition) is 0. The van der Waals surface area contributed by atoms with Crippen molar-refractivity contribution in [1.29, 1.82) is 0 Å². The molecule has 6 heteroatoms. The molecule has 0 atom stereocenters. The number of nitrogens with zero attached hydrogens (tertiary/aromatic N) is 2. The third-order valence-electron chi connectivity index (χ3n) is 2.17. The Bertz CT molecular complexity index is 558. The Morgan fingerprint density at radius 1 is 1.28 bits per heavy atom. The Morgan fingerprint density at radius 3 is 2.67 bits per heavy atom. The molecule has 18 heavy (non-hydrogen) atoms. The first kappa shape index (κ1) is 12.0. The van der Waals surface area contributed by atoms with Crippen LogP contribution in [0, 0.1) is 10.7 Å². The van der Waals surface area contributed by atoms with Gasteiger partial charge in [-0.3, -0.25) is 0 Å². The molecule has 1 heterocycles. The largest absolute Gasteiger partial charge is 0.481 e. The Balaban J connectivity index is 2.19. The number of ether oxygens (including phenoxy) is 2. The molecule has 0 saturated carbocycles. The van der Waals surface area contributed by atoms with E-state index in [1.807, 2.05) is 0 Å². The van der Waals surface area contributed by atoms with Crippen LogP contribution in [0.1, 0.15) is 0 Å². The summed E-state index contributed by atoms with van der Waals surface area (Å²) in [7, 11) is 1.49. The molecule has 92 valence electrons. The summed E-state index contributed by atoms with van der Waals surface area (Å²) < 4.78 is 23.7. The van der Waals surface area contributed by atoms with Crippen LogP contribution in [0.4, 0.5) is 10.1 Å². The lowest BCUT2D eigenvalue weighted by Crippen LogP contribution is -1.90. The minimum Gasteiger partial charge on any atom is -0.481 e. The lowest BCUT2D eigenvalue weighted by Gasteiger charge is -2.06. The maximum absolute atomic E-state index is 13.5. The van der Waals surface area contributed by atoms with Crippen LogP contribution in [0.2, 0.25) is 0 Å². The number of pyridine rings is 1. The smallest absolute Gasteiger partial charge is 0.213 e. The van der Waals surface area contributed by atoms with E-state index in [2.05, 4.69) is 10.2 Å². The number of halogens is 1. The number of rotatable bonds is 4. The van der Waals surface area contributed by atoms with Gasteiger partial charge in [0.2, 0.25) is 5.88 Å². The highest BCUT2D eigenvalue weighted by atomic mass is 19.1. The van der Waals surface area contributed by atoms with Crippen LogP contribution in [-0.2, 0) is 0 Å². The van der Waals surface area contributed by atoms with Crippen molar-refractivity contribution in [3.8, 4) is 17.4 Å². The first-order valence-corrected chi connectivity index (χ1v) is 5.03. The monoisotopic (exact) mass is 248 g/mol. The van der Waals surface area contributed by atoms with Gasteiger partial charge in [-0.15, -0.1) is 4.91 Å². The number of nitroso groups, excluding NO2 is 1. The minimum absolute atomic E-state index is 0.00522. The molecule has 0 radical (unpaired) electrons. The van der Waals surface area contributed by atoms with E-state index in [4.69, 9.17) is 9.47 Å². The average Bonchev–Trinajstić information content (AvgIpc) is 2.42. The number of methoxy groups -OCH3 is 1. The molecule has 0 fully saturated rings. The summed E-state index contributed by atoms with van der Waals surface area (Å²) in [6, 6.07) is 6.88. The highest BCUT2D eigenvalue weighted by Crippen LogP contribution is 2.27. The van der Waals surface area contributed by atoms with Crippen LogP contribution < -0.4 is 9.47 Å². The summed E-state index contributed by atoms with van der Waals surface area (Å²) in [5, 5.41) is 2.63. The fraction of sp³-hybridized carbons (Fsp3) is 0.0833. The third kappa shape index (κ3) is 2.60. The van der Waals surface area contributed by atoms with Gasteiger partial charge < -0.3 is 9.47 Å². The van der Waals surface area contributed by atoms with Crippen LogP contribution in [0.5, 0.6) is 17.4 Å². The normalized spacial score (nSPS) is 9.89. The van der Waals surface area contributed by atoms with Crippen molar-refractivity contribution >= 4 is 5.69 Å². The van der Waals surface area contributed by atoms with Crippen LogP contribution in [-0.4, -0.2) is 12.1 Å². The van der Waals surface area contributed by atoms with Gasteiger partial charge in [-0.2, -0.15) is 0 Å². The van der Waals surface area contributed by atoms with E-state index in [9.17, 15) is 9.30 Å². The predicted molar refractivity (Wildman–Crippen MR) is 62.7 cm³/mol. The molecule has 0 aliphatic heterocycles. The van der Waals surface area contributed by atoms with E-state index in [1.165, 1.54) is 25.4 Å². The fourth-order valence-electron chi connectivity index (χ4n) is 1.30. The van der Waals surface area contributed by atoms with Crippen molar-refractivity contribution in [1.82, 2.24) is 4.98 Å². The highest BCUT2D eigenvalue weighted by Gasteiger charge is 2.07. The van der Waals surface area contributed by atoms with Crippen LogP contribution in [0.25, 0.3) is 0 Å². The molecule has 0 bridgehead atoms. The van der Waals surface area contributed by atoms with Gasteiger partial charge in [-0.1, -0.05) is 0 Å². The summed E-state index contributed by atoms with van der Waals surface area (Å²) in [5.41, 5.74) is 0.00714. The average molecular weight is 248 g/mol. The molecule has 0 amide bonds. The first-order chi connectivity index (χ1) is 8.72. The Kier molecular flexibility index (Phi) is 3.47. The summed E-state index contributed by atoms with van der Waals surface area (Å²) >= 11 is 0. The standard InChI is InChI=1S/C12H9FN2O3/c1-17-12-5-3-9(7-14-12)18-11-4-2-8(15-16)6-10(11)13/h2-7H,1H3. The predicted octanol–water partition coefficient (Wildman–Crippen LogP) is 3.42. The molecule has 2 aromatic rings. The maximum Gasteiger partial charge on any atom is 0.213 e. The summed E-state index contributed by atoms with van der Waals surface area (Å²) in [6.45, 7) is 0. The van der Waals surface area contributed by atoms with E-state index >= 15 is 0 Å². The Hall–Kier alpha value is -2.50. The summed E-state index contributed by atoms with van der Waals surface area (Å²) in [6.07, 6.45) is 1.41. The van der Waals surface area contributed by atoms with Crippen LogP contribution >= 0.6 is 0 Å². The molecule has 0 aliphatic rings. The summed E-state index contributed by atoms with van der Waals surface area (Å²) in [5.74, 6) is 0.127. The van der Waals surface area contributed by atoms with Gasteiger partial charge >= 0.3 is 0 Å². The lowest BCUT2D eigenvalue weighted by atomic mass is 10.3. The number of hydrogen-bond acceptors (Lipinski definition) is 5. The van der Waals surface area contributed by atoms with E-state index < -0.39 is 5.82 Å². The molecule has 0 N–H and O–H groups in total. The van der Waals surface area contributed by atoms with Crippen LogP contribution in [0.15, 0.2) is 41.7 Å². The molecule has 0 aliphatic carbocycles. The van der Waals surface area contributed by atoms with Gasteiger partial charge in [0.1, 0.15) is 11.4 Å². The van der Waals surface area contributed by atoms with Gasteiger partial charge in [0.25, 0.3) is 0 Å². The van der Waals surface area contributed by atoms with Gasteiger partial charge in [0.05, 0.1) is 13.3 Å². The molecule has 0 spiro atoms. The highest BCUT2D eigenvalue weighted by molar-refractivity contribution is 5.43. The van der Waals surface area contributed by atoms with Crippen molar-refractivity contribution in [2.75, 3.05) is 7.11 Å². The van der Waals surface area contributed by atoms with Crippen molar-refractivity contribution in [3.05, 3.63) is 47.3 Å². The zero-order valence-corrected chi connectivity index (χ0v) is 9.46. The molecular weight excluding hydrogens is 239 g/mol. The van der Waals surface area contributed by atoms with E-state index in [1.54, 1.807) is 12.1 Å². The maximum atomic E-state index is 13.5. The molecule has 1 aromatic carbocycles. The molecule has 2 rings (SSSR count). The molecule has 1 aromatic heterocycles. The topological polar surface area (TPSA) is 60.8 Å². The minimum atomic E-state index is -0.664. The molecule has 0 saturated heterocycles. The quantitative estimate of drug-likeness (QED) is 0.778. The molecule has 5 nitrogen and oxygen atoms in total. The van der Waals surface area contributed by atoms with Gasteiger partial charge in [0, 0.05) is 12.1 Å². The van der Waals surface area contributed by atoms with E-state index in [-0.39, 0.29) is 11.4 Å².